The molecule has 3 N–H and O–H groups in total. The Hall–Kier alpha value is -0.520. The van der Waals surface area contributed by atoms with Crippen molar-refractivity contribution in [3.05, 3.63) is 12.2 Å². The maximum atomic E-state index is 10.1. The molecule has 0 bridgehead atoms. The Labute approximate surface area is 68.7 Å². The Morgan fingerprint density at radius 2 is 2.08 bits per heavy atom. The Morgan fingerprint density at radius 3 is 2.50 bits per heavy atom. The molecule has 70 valence electrons. The van der Waals surface area contributed by atoms with Gasteiger partial charge in [-0.05, 0) is 6.08 Å². The van der Waals surface area contributed by atoms with E-state index in [0.717, 1.165) is 12.2 Å². The van der Waals surface area contributed by atoms with Gasteiger partial charge in [0, 0.05) is 0 Å². The minimum atomic E-state index is -4.53. The lowest BCUT2D eigenvalue weighted by molar-refractivity contribution is -0.104. The lowest BCUT2D eigenvalue weighted by atomic mass is 10.3. The average Bonchev–Trinajstić information content (AvgIpc) is 1.95. The van der Waals surface area contributed by atoms with Crippen LogP contribution in [0.25, 0.3) is 0 Å². The Bertz CT molecular complexity index is 206. The number of rotatable bonds is 5. The average molecular weight is 196 g/mol. The van der Waals surface area contributed by atoms with Crippen molar-refractivity contribution in [2.45, 2.75) is 6.10 Å². The van der Waals surface area contributed by atoms with E-state index >= 15 is 0 Å². The van der Waals surface area contributed by atoms with Crippen molar-refractivity contribution in [3.8, 4) is 0 Å². The van der Waals surface area contributed by atoms with Crippen LogP contribution in [0.15, 0.2) is 12.2 Å². The first-order valence-electron chi connectivity index (χ1n) is 2.96. The third-order valence-electron chi connectivity index (χ3n) is 0.825. The molecule has 0 amide bonds. The van der Waals surface area contributed by atoms with Crippen LogP contribution < -0.4 is 0 Å². The maximum Gasteiger partial charge on any atom is 0.469 e. The quantitative estimate of drug-likeness (QED) is 0.302. The summed E-state index contributed by atoms with van der Waals surface area (Å²) in [7, 11) is -4.53. The summed E-state index contributed by atoms with van der Waals surface area (Å²) in [6, 6.07) is 0. The smallest absolute Gasteiger partial charge is 0.387 e. The normalized spacial score (nSPS) is 14.9. The topological polar surface area (TPSA) is 104 Å². The summed E-state index contributed by atoms with van der Waals surface area (Å²) in [6.07, 6.45) is 1.31. The van der Waals surface area contributed by atoms with E-state index < -0.39 is 20.5 Å². The molecule has 0 aromatic rings. The van der Waals surface area contributed by atoms with E-state index in [-0.39, 0.29) is 0 Å². The van der Waals surface area contributed by atoms with E-state index in [1.165, 1.54) is 0 Å². The van der Waals surface area contributed by atoms with E-state index in [1.807, 2.05) is 0 Å². The minimum absolute atomic E-state index is 0.431. The van der Waals surface area contributed by atoms with Crippen LogP contribution in [0.2, 0.25) is 0 Å². The fourth-order valence-electron chi connectivity index (χ4n) is 0.403. The second-order valence-electron chi connectivity index (χ2n) is 1.87. The van der Waals surface area contributed by atoms with Crippen LogP contribution >= 0.6 is 7.82 Å². The summed E-state index contributed by atoms with van der Waals surface area (Å²) in [5.41, 5.74) is 0. The molecule has 6 nitrogen and oxygen atoms in total. The summed E-state index contributed by atoms with van der Waals surface area (Å²) in [5.74, 6) is 0. The summed E-state index contributed by atoms with van der Waals surface area (Å²) in [4.78, 5) is 26.1. The number of hydrogen-bond donors (Lipinski definition) is 3. The number of carbonyl (C=O) groups excluding carboxylic acids is 1. The van der Waals surface area contributed by atoms with Crippen molar-refractivity contribution in [2.24, 2.45) is 0 Å². The molecule has 0 aliphatic carbocycles. The zero-order chi connectivity index (χ0) is 9.61. The predicted molar refractivity (Wildman–Crippen MR) is 39.2 cm³/mol. The second-order valence-corrected chi connectivity index (χ2v) is 3.11. The number of aliphatic hydroxyl groups excluding tert-OH is 1. The van der Waals surface area contributed by atoms with Gasteiger partial charge in [0.05, 0.1) is 12.7 Å². The molecule has 0 saturated heterocycles. The first-order chi connectivity index (χ1) is 5.45. The largest absolute Gasteiger partial charge is 0.469 e. The minimum Gasteiger partial charge on any atom is -0.387 e. The molecule has 0 aliphatic heterocycles. The first-order valence-corrected chi connectivity index (χ1v) is 4.49. The van der Waals surface area contributed by atoms with Crippen molar-refractivity contribution in [2.75, 3.05) is 6.61 Å². The molecule has 0 radical (unpaired) electrons. The van der Waals surface area contributed by atoms with Gasteiger partial charge in [-0.3, -0.25) is 9.32 Å². The molecule has 0 aromatic carbocycles. The standard InChI is InChI=1S/C5H9O6P/c6-3-1-2-5(7)4-11-12(8,9)10/h1-3,5,7H,4H2,(H2,8,9,10)/b2-1+. The van der Waals surface area contributed by atoms with Crippen LogP contribution in [0.5, 0.6) is 0 Å². The predicted octanol–water partition coefficient (Wildman–Crippen LogP) is -0.788. The highest BCUT2D eigenvalue weighted by Gasteiger charge is 2.15. The fourth-order valence-corrected chi connectivity index (χ4v) is 0.750. The van der Waals surface area contributed by atoms with Crippen LogP contribution in [-0.4, -0.2) is 33.9 Å². The highest BCUT2D eigenvalue weighted by atomic mass is 31.2. The van der Waals surface area contributed by atoms with Gasteiger partial charge in [0.25, 0.3) is 0 Å². The summed E-state index contributed by atoms with van der Waals surface area (Å²) >= 11 is 0. The van der Waals surface area contributed by atoms with E-state index in [0.29, 0.717) is 6.29 Å². The molecule has 1 atom stereocenters. The lowest BCUT2D eigenvalue weighted by Crippen LogP contribution is -2.10. The third kappa shape index (κ3) is 7.59. The molecule has 0 rings (SSSR count). The number of allylic oxidation sites excluding steroid dienone is 1. The molecular formula is C5H9O6P. The molecule has 0 fully saturated rings. The van der Waals surface area contributed by atoms with Crippen molar-refractivity contribution >= 4 is 14.1 Å². The summed E-state index contributed by atoms with van der Waals surface area (Å²) < 4.78 is 14.0. The monoisotopic (exact) mass is 196 g/mol. The first kappa shape index (κ1) is 11.5. The highest BCUT2D eigenvalue weighted by molar-refractivity contribution is 7.46. The lowest BCUT2D eigenvalue weighted by Gasteiger charge is -2.06. The summed E-state index contributed by atoms with van der Waals surface area (Å²) in [6.45, 7) is -0.547. The third-order valence-corrected chi connectivity index (χ3v) is 1.31. The van der Waals surface area contributed by atoms with E-state index in [9.17, 15) is 9.36 Å². The van der Waals surface area contributed by atoms with Crippen molar-refractivity contribution < 1.29 is 28.8 Å². The molecule has 0 aliphatic rings. The number of carbonyl (C=O) groups is 1. The van der Waals surface area contributed by atoms with Crippen molar-refractivity contribution in [1.29, 1.82) is 0 Å². The molecular weight excluding hydrogens is 187 g/mol. The van der Waals surface area contributed by atoms with Gasteiger partial charge in [0.1, 0.15) is 6.29 Å². The molecule has 0 aromatic heterocycles. The van der Waals surface area contributed by atoms with Crippen molar-refractivity contribution in [3.63, 3.8) is 0 Å². The van der Waals surface area contributed by atoms with Crippen LogP contribution in [0, 0.1) is 0 Å². The fraction of sp³-hybridized carbons (Fsp3) is 0.400. The maximum absolute atomic E-state index is 10.1. The number of aldehydes is 1. The van der Waals surface area contributed by atoms with Gasteiger partial charge in [-0.25, -0.2) is 4.57 Å². The van der Waals surface area contributed by atoms with Crippen LogP contribution in [0.3, 0.4) is 0 Å². The molecule has 7 heteroatoms. The van der Waals surface area contributed by atoms with Gasteiger partial charge >= 0.3 is 7.82 Å². The van der Waals surface area contributed by atoms with Gasteiger partial charge in [0.2, 0.25) is 0 Å². The SMILES string of the molecule is O=C/C=C/C(O)COP(=O)(O)O. The number of phosphoric ester groups is 1. The van der Waals surface area contributed by atoms with Gasteiger partial charge in [0.15, 0.2) is 0 Å². The van der Waals surface area contributed by atoms with Gasteiger partial charge in [-0.15, -0.1) is 0 Å². The van der Waals surface area contributed by atoms with Gasteiger partial charge in [-0.2, -0.15) is 0 Å². The zero-order valence-corrected chi connectivity index (χ0v) is 6.92. The van der Waals surface area contributed by atoms with E-state index in [4.69, 9.17) is 14.9 Å². The van der Waals surface area contributed by atoms with Crippen molar-refractivity contribution in [1.82, 2.24) is 0 Å². The highest BCUT2D eigenvalue weighted by Crippen LogP contribution is 2.35. The molecule has 0 spiro atoms. The number of aliphatic hydroxyl groups is 1. The second kappa shape index (κ2) is 5.18. The van der Waals surface area contributed by atoms with E-state index in [2.05, 4.69) is 4.52 Å². The zero-order valence-electron chi connectivity index (χ0n) is 6.03. The summed E-state index contributed by atoms with van der Waals surface area (Å²) in [5, 5.41) is 8.83. The number of hydrogen-bond acceptors (Lipinski definition) is 4. The van der Waals surface area contributed by atoms with Crippen LogP contribution in [0.4, 0.5) is 0 Å². The molecule has 0 saturated carbocycles. The van der Waals surface area contributed by atoms with Gasteiger partial charge in [-0.1, -0.05) is 6.08 Å². The van der Waals surface area contributed by atoms with E-state index in [1.54, 1.807) is 0 Å². The Kier molecular flexibility index (Phi) is 4.96. The molecule has 1 unspecified atom stereocenters. The number of phosphoric acid groups is 1. The van der Waals surface area contributed by atoms with Crippen LogP contribution in [0.1, 0.15) is 0 Å². The van der Waals surface area contributed by atoms with Gasteiger partial charge < -0.3 is 14.9 Å². The molecule has 12 heavy (non-hydrogen) atoms. The van der Waals surface area contributed by atoms with Crippen LogP contribution in [-0.2, 0) is 13.9 Å². The molecule has 0 heterocycles. The Morgan fingerprint density at radius 1 is 1.50 bits per heavy atom. The Balaban J connectivity index is 3.71.